The van der Waals surface area contributed by atoms with Crippen molar-refractivity contribution in [1.29, 1.82) is 5.26 Å². The summed E-state index contributed by atoms with van der Waals surface area (Å²) in [6.07, 6.45) is 5.42. The number of thioether (sulfide) groups is 1. The molecule has 2 rings (SSSR count). The van der Waals surface area contributed by atoms with Crippen LogP contribution < -0.4 is 16.0 Å². The van der Waals surface area contributed by atoms with Gasteiger partial charge in [0, 0.05) is 18.0 Å². The molecule has 6 nitrogen and oxygen atoms in total. The number of anilines is 1. The summed E-state index contributed by atoms with van der Waals surface area (Å²) in [6, 6.07) is 6.87. The average Bonchev–Trinajstić information content (AvgIpc) is 3.02. The lowest BCUT2D eigenvalue weighted by Crippen LogP contribution is -2.49. The number of carbonyl (C=O) groups is 2. The Morgan fingerprint density at radius 3 is 2.88 bits per heavy atom. The van der Waals surface area contributed by atoms with E-state index in [0.29, 0.717) is 5.75 Å². The number of hydrogen-bond acceptors (Lipinski definition) is 4. The largest absolute Gasteiger partial charge is 0.353 e. The minimum atomic E-state index is -0.631. The van der Waals surface area contributed by atoms with Gasteiger partial charge in [-0.1, -0.05) is 6.07 Å². The molecule has 1 aromatic carbocycles. The zero-order valence-corrected chi connectivity index (χ0v) is 14.5. The summed E-state index contributed by atoms with van der Waals surface area (Å²) >= 11 is 1.47. The Balaban J connectivity index is 1.90. The number of nitrogens with one attached hydrogen (secondary N) is 3. The van der Waals surface area contributed by atoms with Crippen LogP contribution in [0.2, 0.25) is 0 Å². The van der Waals surface area contributed by atoms with Gasteiger partial charge in [0.25, 0.3) is 0 Å². The second kappa shape index (κ2) is 9.18. The van der Waals surface area contributed by atoms with Crippen molar-refractivity contribution < 1.29 is 9.59 Å². The van der Waals surface area contributed by atoms with Gasteiger partial charge in [0.2, 0.25) is 5.91 Å². The van der Waals surface area contributed by atoms with Gasteiger partial charge in [-0.25, -0.2) is 4.79 Å². The monoisotopic (exact) mass is 346 g/mol. The van der Waals surface area contributed by atoms with Gasteiger partial charge in [-0.05, 0) is 48.8 Å². The first-order valence-corrected chi connectivity index (χ1v) is 9.36. The zero-order valence-electron chi connectivity index (χ0n) is 13.7. The molecule has 1 atom stereocenters. The second-order valence-electron chi connectivity index (χ2n) is 5.64. The third-order valence-corrected chi connectivity index (χ3v) is 4.51. The van der Waals surface area contributed by atoms with E-state index in [4.69, 9.17) is 5.26 Å². The van der Waals surface area contributed by atoms with Gasteiger partial charge >= 0.3 is 6.03 Å². The molecule has 1 aliphatic carbocycles. The minimum Gasteiger partial charge on any atom is -0.353 e. The molecule has 0 radical (unpaired) electrons. The van der Waals surface area contributed by atoms with Crippen molar-refractivity contribution in [2.75, 3.05) is 23.9 Å². The highest BCUT2D eigenvalue weighted by Gasteiger charge is 2.20. The third kappa shape index (κ3) is 5.17. The van der Waals surface area contributed by atoms with Gasteiger partial charge in [0.1, 0.15) is 6.04 Å². The van der Waals surface area contributed by atoms with E-state index in [1.54, 1.807) is 0 Å². The Hall–Kier alpha value is -2.20. The number of nitrogens with zero attached hydrogens (tertiary/aromatic N) is 1. The zero-order chi connectivity index (χ0) is 17.4. The average molecular weight is 346 g/mol. The van der Waals surface area contributed by atoms with Gasteiger partial charge in [0.05, 0.1) is 12.5 Å². The predicted molar refractivity (Wildman–Crippen MR) is 96.0 cm³/mol. The molecule has 0 saturated heterocycles. The van der Waals surface area contributed by atoms with Crippen molar-refractivity contribution in [3.63, 3.8) is 0 Å². The quantitative estimate of drug-likeness (QED) is 0.659. The standard InChI is InChI=1S/C17H22N4O2S/c1-24-11-15(16(22)19-9-3-8-18)21-17(23)20-14-7-6-12-4-2-5-13(12)10-14/h6-7,10,15H,2-5,9,11H2,1H3,(H,19,22)(H2,20,21,23). The van der Waals surface area contributed by atoms with Crippen LogP contribution in [0, 0.1) is 11.3 Å². The first kappa shape index (κ1) is 18.1. The van der Waals surface area contributed by atoms with Crippen LogP contribution >= 0.6 is 11.8 Å². The molecule has 0 saturated carbocycles. The fourth-order valence-corrected chi connectivity index (χ4v) is 3.26. The van der Waals surface area contributed by atoms with Crippen molar-refractivity contribution in [2.24, 2.45) is 0 Å². The molecule has 0 fully saturated rings. The Kier molecular flexibility index (Phi) is 6.94. The molecule has 1 aromatic rings. The molecular weight excluding hydrogens is 324 g/mol. The number of hydrogen-bond donors (Lipinski definition) is 3. The molecule has 0 bridgehead atoms. The number of fused-ring (bicyclic) bond motifs is 1. The van der Waals surface area contributed by atoms with Gasteiger partial charge in [-0.2, -0.15) is 17.0 Å². The highest BCUT2D eigenvalue weighted by Crippen LogP contribution is 2.24. The number of urea groups is 1. The minimum absolute atomic E-state index is 0.249. The Bertz CT molecular complexity index is 642. The fraction of sp³-hybridized carbons (Fsp3) is 0.471. The van der Waals surface area contributed by atoms with Crippen LogP contribution in [0.3, 0.4) is 0 Å². The topological polar surface area (TPSA) is 94.0 Å². The lowest BCUT2D eigenvalue weighted by molar-refractivity contribution is -0.122. The highest BCUT2D eigenvalue weighted by molar-refractivity contribution is 7.98. The van der Waals surface area contributed by atoms with Crippen LogP contribution in [-0.4, -0.2) is 36.5 Å². The van der Waals surface area contributed by atoms with Crippen molar-refractivity contribution in [2.45, 2.75) is 31.7 Å². The Labute approximate surface area is 146 Å². The molecule has 0 spiro atoms. The number of carbonyl (C=O) groups excluding carboxylic acids is 2. The molecule has 3 amide bonds. The van der Waals surface area contributed by atoms with E-state index >= 15 is 0 Å². The maximum Gasteiger partial charge on any atom is 0.319 e. The molecule has 128 valence electrons. The Morgan fingerprint density at radius 1 is 1.33 bits per heavy atom. The van der Waals surface area contributed by atoms with Crippen molar-refractivity contribution in [3.05, 3.63) is 29.3 Å². The lowest BCUT2D eigenvalue weighted by Gasteiger charge is -2.18. The second-order valence-corrected chi connectivity index (χ2v) is 6.55. The van der Waals surface area contributed by atoms with E-state index in [9.17, 15) is 9.59 Å². The number of nitriles is 1. The molecule has 1 unspecified atom stereocenters. The van der Waals surface area contributed by atoms with Gasteiger partial charge in [-0.3, -0.25) is 4.79 Å². The number of benzene rings is 1. The van der Waals surface area contributed by atoms with Crippen molar-refractivity contribution >= 4 is 29.4 Å². The summed E-state index contributed by atoms with van der Waals surface area (Å²) in [7, 11) is 0. The number of rotatable bonds is 7. The summed E-state index contributed by atoms with van der Waals surface area (Å²) in [6.45, 7) is 0.286. The van der Waals surface area contributed by atoms with Crippen molar-refractivity contribution in [3.8, 4) is 6.07 Å². The van der Waals surface area contributed by atoms with Gasteiger partial charge < -0.3 is 16.0 Å². The van der Waals surface area contributed by atoms with Crippen LogP contribution in [0.5, 0.6) is 0 Å². The Morgan fingerprint density at radius 2 is 2.12 bits per heavy atom. The maximum absolute atomic E-state index is 12.2. The normalized spacial score (nSPS) is 13.5. The summed E-state index contributed by atoms with van der Waals surface area (Å²) < 4.78 is 0. The van der Waals surface area contributed by atoms with Gasteiger partial charge in [0.15, 0.2) is 0 Å². The first-order valence-electron chi connectivity index (χ1n) is 7.97. The molecule has 0 heterocycles. The van der Waals surface area contributed by atoms with E-state index in [0.717, 1.165) is 24.9 Å². The van der Waals surface area contributed by atoms with E-state index < -0.39 is 12.1 Å². The third-order valence-electron chi connectivity index (χ3n) is 3.85. The number of aryl methyl sites for hydroxylation is 2. The van der Waals surface area contributed by atoms with E-state index in [1.807, 2.05) is 30.5 Å². The van der Waals surface area contributed by atoms with Crippen LogP contribution in [-0.2, 0) is 17.6 Å². The summed E-state index contributed by atoms with van der Waals surface area (Å²) in [5.41, 5.74) is 3.36. The van der Waals surface area contributed by atoms with Crippen LogP contribution in [0.1, 0.15) is 24.0 Å². The van der Waals surface area contributed by atoms with Crippen LogP contribution in [0.4, 0.5) is 10.5 Å². The molecule has 1 aliphatic rings. The smallest absolute Gasteiger partial charge is 0.319 e. The summed E-state index contributed by atoms with van der Waals surface area (Å²) in [5, 5.41) is 16.7. The van der Waals surface area contributed by atoms with Crippen LogP contribution in [0.15, 0.2) is 18.2 Å². The molecule has 0 aliphatic heterocycles. The van der Waals surface area contributed by atoms with Crippen LogP contribution in [0.25, 0.3) is 0 Å². The fourth-order valence-electron chi connectivity index (χ4n) is 2.69. The molecule has 7 heteroatoms. The summed E-state index contributed by atoms with van der Waals surface area (Å²) in [5.74, 6) is 0.194. The number of amides is 3. The molecule has 0 aromatic heterocycles. The molecule has 24 heavy (non-hydrogen) atoms. The van der Waals surface area contributed by atoms with E-state index in [2.05, 4.69) is 16.0 Å². The molecule has 3 N–H and O–H groups in total. The lowest BCUT2D eigenvalue weighted by atomic mass is 10.1. The van der Waals surface area contributed by atoms with Gasteiger partial charge in [-0.15, -0.1) is 0 Å². The molecular formula is C17H22N4O2S. The van der Waals surface area contributed by atoms with E-state index in [1.165, 1.54) is 22.9 Å². The SMILES string of the molecule is CSCC(NC(=O)Nc1ccc2c(c1)CCC2)C(=O)NCCC#N. The maximum atomic E-state index is 12.2. The highest BCUT2D eigenvalue weighted by atomic mass is 32.2. The first-order chi connectivity index (χ1) is 11.6. The van der Waals surface area contributed by atoms with Crippen molar-refractivity contribution in [1.82, 2.24) is 10.6 Å². The summed E-state index contributed by atoms with van der Waals surface area (Å²) in [4.78, 5) is 24.2. The van der Waals surface area contributed by atoms with E-state index in [-0.39, 0.29) is 18.9 Å². The predicted octanol–water partition coefficient (Wildman–Crippen LogP) is 2.06.